The Morgan fingerprint density at radius 1 is 1.30 bits per heavy atom. The molecule has 0 radical (unpaired) electrons. The Bertz CT molecular complexity index is 725. The summed E-state index contributed by atoms with van der Waals surface area (Å²) in [7, 11) is -4.13. The molecule has 106 valence electrons. The summed E-state index contributed by atoms with van der Waals surface area (Å²) in [6.07, 6.45) is 3.09. The Balaban J connectivity index is 2.24. The van der Waals surface area contributed by atoms with Gasteiger partial charge < -0.3 is 4.74 Å². The summed E-state index contributed by atoms with van der Waals surface area (Å²) < 4.78 is 41.6. The molecule has 0 saturated heterocycles. The van der Waals surface area contributed by atoms with Crippen molar-refractivity contribution in [2.45, 2.75) is 11.5 Å². The molecule has 1 heterocycles. The maximum Gasteiger partial charge on any atom is 0.241 e. The molecule has 0 aliphatic rings. The van der Waals surface area contributed by atoms with E-state index in [4.69, 9.17) is 9.88 Å². The number of nitrogens with two attached hydrogens (primary N) is 1. The fourth-order valence-corrected chi connectivity index (χ4v) is 2.61. The molecule has 0 unspecified atom stereocenters. The van der Waals surface area contributed by atoms with Gasteiger partial charge in [-0.2, -0.15) is 0 Å². The highest BCUT2D eigenvalue weighted by molar-refractivity contribution is 9.10. The maximum atomic E-state index is 13.7. The van der Waals surface area contributed by atoms with Crippen molar-refractivity contribution in [1.29, 1.82) is 0 Å². The Kier molecular flexibility index (Phi) is 4.31. The van der Waals surface area contributed by atoms with Gasteiger partial charge in [0.05, 0.1) is 4.47 Å². The zero-order valence-electron chi connectivity index (χ0n) is 9.95. The molecule has 9 heteroatoms. The molecule has 20 heavy (non-hydrogen) atoms. The number of nitrogens with zero attached hydrogens (tertiary/aromatic N) is 2. The first-order chi connectivity index (χ1) is 9.38. The van der Waals surface area contributed by atoms with Gasteiger partial charge in [-0.3, -0.25) is 0 Å². The molecule has 0 aliphatic carbocycles. The van der Waals surface area contributed by atoms with Crippen LogP contribution in [0.15, 0.2) is 40.0 Å². The fourth-order valence-electron chi connectivity index (χ4n) is 1.39. The lowest BCUT2D eigenvalue weighted by Gasteiger charge is -2.09. The molecular formula is C11H9BrFN3O3S. The second-order valence-electron chi connectivity index (χ2n) is 3.71. The number of ether oxygens (including phenoxy) is 1. The predicted octanol–water partition coefficient (Wildman–Crippen LogP) is 1.60. The van der Waals surface area contributed by atoms with Crippen molar-refractivity contribution in [2.75, 3.05) is 0 Å². The van der Waals surface area contributed by atoms with Crippen molar-refractivity contribution in [3.63, 3.8) is 0 Å². The smallest absolute Gasteiger partial charge is 0.241 e. The molecule has 2 rings (SSSR count). The van der Waals surface area contributed by atoms with Crippen molar-refractivity contribution >= 4 is 26.0 Å². The van der Waals surface area contributed by atoms with Crippen LogP contribution in [0, 0.1) is 5.82 Å². The van der Waals surface area contributed by atoms with Crippen molar-refractivity contribution in [3.8, 4) is 5.75 Å². The van der Waals surface area contributed by atoms with Crippen molar-refractivity contribution in [3.05, 3.63) is 46.7 Å². The van der Waals surface area contributed by atoms with Gasteiger partial charge >= 0.3 is 0 Å². The van der Waals surface area contributed by atoms with Gasteiger partial charge in [0, 0.05) is 18.5 Å². The average molecular weight is 362 g/mol. The molecule has 2 aromatic rings. The number of primary sulfonamides is 1. The molecule has 0 fully saturated rings. The Hall–Kier alpha value is -1.58. The second kappa shape index (κ2) is 5.81. The highest BCUT2D eigenvalue weighted by Crippen LogP contribution is 2.30. The van der Waals surface area contributed by atoms with Crippen LogP contribution in [0.1, 0.15) is 5.82 Å². The monoisotopic (exact) mass is 361 g/mol. The highest BCUT2D eigenvalue weighted by Gasteiger charge is 2.18. The lowest BCUT2D eigenvalue weighted by Crippen LogP contribution is -2.14. The first-order valence-electron chi connectivity index (χ1n) is 5.28. The van der Waals surface area contributed by atoms with E-state index in [0.717, 1.165) is 12.1 Å². The molecule has 1 aromatic heterocycles. The van der Waals surface area contributed by atoms with Crippen LogP contribution in [0.3, 0.4) is 0 Å². The van der Waals surface area contributed by atoms with E-state index < -0.39 is 20.7 Å². The lowest BCUT2D eigenvalue weighted by molar-refractivity contribution is 0.292. The van der Waals surface area contributed by atoms with Gasteiger partial charge in [-0.1, -0.05) is 0 Å². The first kappa shape index (κ1) is 14.8. The summed E-state index contributed by atoms with van der Waals surface area (Å²) in [6.45, 7) is 0.0214. The van der Waals surface area contributed by atoms with E-state index in [1.807, 2.05) is 0 Å². The predicted molar refractivity (Wildman–Crippen MR) is 71.8 cm³/mol. The molecule has 2 N–H and O–H groups in total. The molecular weight excluding hydrogens is 353 g/mol. The van der Waals surface area contributed by atoms with Crippen LogP contribution in [0.5, 0.6) is 5.75 Å². The van der Waals surface area contributed by atoms with Gasteiger partial charge in [-0.05, 0) is 28.1 Å². The number of hydrogen-bond donors (Lipinski definition) is 1. The highest BCUT2D eigenvalue weighted by atomic mass is 79.9. The van der Waals surface area contributed by atoms with Gasteiger partial charge in [0.2, 0.25) is 10.0 Å². The topological polar surface area (TPSA) is 95.2 Å². The minimum Gasteiger partial charge on any atom is -0.484 e. The van der Waals surface area contributed by atoms with E-state index in [-0.39, 0.29) is 16.8 Å². The van der Waals surface area contributed by atoms with Crippen molar-refractivity contribution in [1.82, 2.24) is 9.97 Å². The van der Waals surface area contributed by atoms with Crippen molar-refractivity contribution in [2.24, 2.45) is 5.14 Å². The average Bonchev–Trinajstić information content (AvgIpc) is 2.39. The van der Waals surface area contributed by atoms with E-state index in [1.54, 1.807) is 18.5 Å². The number of halogens is 2. The van der Waals surface area contributed by atoms with Gasteiger partial charge in [-0.15, -0.1) is 0 Å². The Labute approximate surface area is 123 Å². The standard InChI is InChI=1S/C11H9BrFN3O3S/c12-7-4-10(20(14,17)18)8(13)5-9(7)19-6-11-15-2-1-3-16-11/h1-5H,6H2,(H2,14,17,18). The zero-order valence-corrected chi connectivity index (χ0v) is 12.4. The first-order valence-corrected chi connectivity index (χ1v) is 7.62. The van der Waals surface area contributed by atoms with Crippen LogP contribution in [-0.4, -0.2) is 18.4 Å². The van der Waals surface area contributed by atoms with Crippen LogP contribution in [0.25, 0.3) is 0 Å². The third-order valence-corrected chi connectivity index (χ3v) is 3.81. The Morgan fingerprint density at radius 2 is 1.95 bits per heavy atom. The van der Waals surface area contributed by atoms with Gasteiger partial charge in [0.1, 0.15) is 23.1 Å². The minimum absolute atomic E-state index is 0.0214. The van der Waals surface area contributed by atoms with Crippen LogP contribution >= 0.6 is 15.9 Å². The summed E-state index contributed by atoms with van der Waals surface area (Å²) in [6, 6.07) is 3.64. The minimum atomic E-state index is -4.13. The second-order valence-corrected chi connectivity index (χ2v) is 6.10. The fraction of sp³-hybridized carbons (Fsp3) is 0.0909. The van der Waals surface area contributed by atoms with Gasteiger partial charge in [0.25, 0.3) is 0 Å². The summed E-state index contributed by atoms with van der Waals surface area (Å²) in [5.41, 5.74) is 0. The summed E-state index contributed by atoms with van der Waals surface area (Å²) in [5.74, 6) is -0.447. The van der Waals surface area contributed by atoms with E-state index in [1.165, 1.54) is 0 Å². The molecule has 0 bridgehead atoms. The summed E-state index contributed by atoms with van der Waals surface area (Å²) in [4.78, 5) is 7.28. The van der Waals surface area contributed by atoms with Crippen LogP contribution in [-0.2, 0) is 16.6 Å². The number of hydrogen-bond acceptors (Lipinski definition) is 5. The SMILES string of the molecule is NS(=O)(=O)c1cc(Br)c(OCc2ncccn2)cc1F. The largest absolute Gasteiger partial charge is 0.484 e. The molecule has 0 saturated carbocycles. The molecule has 0 aliphatic heterocycles. The van der Waals surface area contributed by atoms with E-state index in [0.29, 0.717) is 5.82 Å². The normalized spacial score (nSPS) is 11.3. The summed E-state index contributed by atoms with van der Waals surface area (Å²) in [5, 5.41) is 4.89. The number of benzene rings is 1. The summed E-state index contributed by atoms with van der Waals surface area (Å²) >= 11 is 3.09. The van der Waals surface area contributed by atoms with E-state index in [9.17, 15) is 12.8 Å². The zero-order chi connectivity index (χ0) is 14.8. The quantitative estimate of drug-likeness (QED) is 0.892. The number of rotatable bonds is 4. The third-order valence-electron chi connectivity index (χ3n) is 2.27. The van der Waals surface area contributed by atoms with E-state index in [2.05, 4.69) is 25.9 Å². The van der Waals surface area contributed by atoms with E-state index >= 15 is 0 Å². The maximum absolute atomic E-state index is 13.7. The van der Waals surface area contributed by atoms with Gasteiger partial charge in [-0.25, -0.2) is 27.9 Å². The lowest BCUT2D eigenvalue weighted by atomic mass is 10.3. The molecule has 0 atom stereocenters. The molecule has 1 aromatic carbocycles. The Morgan fingerprint density at radius 3 is 2.55 bits per heavy atom. The van der Waals surface area contributed by atoms with Crippen LogP contribution in [0.4, 0.5) is 4.39 Å². The molecule has 0 amide bonds. The molecule has 0 spiro atoms. The van der Waals surface area contributed by atoms with Crippen molar-refractivity contribution < 1.29 is 17.5 Å². The van der Waals surface area contributed by atoms with Crippen LogP contribution in [0.2, 0.25) is 0 Å². The number of sulfonamides is 1. The van der Waals surface area contributed by atoms with Crippen LogP contribution < -0.4 is 9.88 Å². The molecule has 6 nitrogen and oxygen atoms in total. The third kappa shape index (κ3) is 3.50. The number of aromatic nitrogens is 2. The van der Waals surface area contributed by atoms with Gasteiger partial charge in [0.15, 0.2) is 5.82 Å².